The SMILES string of the molecule is CN1CCN(c2ncccc2CNCc2ccsc2)CC1.Cl. The average molecular weight is 339 g/mol. The number of rotatable bonds is 5. The van der Waals surface area contributed by atoms with Gasteiger partial charge >= 0.3 is 0 Å². The maximum Gasteiger partial charge on any atom is 0.133 e. The van der Waals surface area contributed by atoms with Crippen molar-refractivity contribution in [3.05, 3.63) is 46.3 Å². The summed E-state index contributed by atoms with van der Waals surface area (Å²) in [5.74, 6) is 1.14. The second kappa shape index (κ2) is 8.48. The Labute approximate surface area is 142 Å². The third-order valence-corrected chi connectivity index (χ3v) is 4.63. The molecule has 0 amide bonds. The zero-order chi connectivity index (χ0) is 14.5. The van der Waals surface area contributed by atoms with Crippen LogP contribution in [0.25, 0.3) is 0 Å². The summed E-state index contributed by atoms with van der Waals surface area (Å²) in [6.45, 7) is 6.12. The van der Waals surface area contributed by atoms with Crippen molar-refractivity contribution in [3.8, 4) is 0 Å². The molecule has 120 valence electrons. The zero-order valence-electron chi connectivity index (χ0n) is 12.9. The molecule has 1 aliphatic rings. The third kappa shape index (κ3) is 4.43. The highest BCUT2D eigenvalue weighted by Gasteiger charge is 2.17. The Morgan fingerprint density at radius 1 is 1.18 bits per heavy atom. The quantitative estimate of drug-likeness (QED) is 0.908. The Morgan fingerprint density at radius 2 is 2.00 bits per heavy atom. The van der Waals surface area contributed by atoms with E-state index < -0.39 is 0 Å². The summed E-state index contributed by atoms with van der Waals surface area (Å²) in [4.78, 5) is 9.39. The van der Waals surface area contributed by atoms with Gasteiger partial charge in [0.25, 0.3) is 0 Å². The van der Waals surface area contributed by atoms with Crippen molar-refractivity contribution in [2.24, 2.45) is 0 Å². The van der Waals surface area contributed by atoms with Gasteiger partial charge in [-0.3, -0.25) is 0 Å². The van der Waals surface area contributed by atoms with Gasteiger partial charge in [-0.1, -0.05) is 6.07 Å². The van der Waals surface area contributed by atoms with Crippen LogP contribution in [0.5, 0.6) is 0 Å². The van der Waals surface area contributed by atoms with Crippen LogP contribution in [0.1, 0.15) is 11.1 Å². The maximum atomic E-state index is 4.61. The van der Waals surface area contributed by atoms with Gasteiger partial charge in [0.05, 0.1) is 0 Å². The summed E-state index contributed by atoms with van der Waals surface area (Å²) < 4.78 is 0. The number of pyridine rings is 1. The van der Waals surface area contributed by atoms with Gasteiger partial charge in [-0.25, -0.2) is 4.98 Å². The number of piperazine rings is 1. The largest absolute Gasteiger partial charge is 0.354 e. The first kappa shape index (κ1) is 17.2. The molecule has 0 aliphatic carbocycles. The minimum absolute atomic E-state index is 0. The van der Waals surface area contributed by atoms with E-state index >= 15 is 0 Å². The highest BCUT2D eigenvalue weighted by Crippen LogP contribution is 2.18. The van der Waals surface area contributed by atoms with Gasteiger partial charge in [-0.15, -0.1) is 12.4 Å². The molecule has 1 fully saturated rings. The maximum absolute atomic E-state index is 4.61. The van der Waals surface area contributed by atoms with Crippen molar-refractivity contribution in [2.45, 2.75) is 13.1 Å². The van der Waals surface area contributed by atoms with Gasteiger partial charge < -0.3 is 15.1 Å². The number of hydrogen-bond donors (Lipinski definition) is 1. The van der Waals surface area contributed by atoms with E-state index in [0.717, 1.165) is 45.1 Å². The molecule has 0 aromatic carbocycles. The second-order valence-electron chi connectivity index (χ2n) is 5.51. The van der Waals surface area contributed by atoms with Crippen LogP contribution in [-0.4, -0.2) is 43.1 Å². The smallest absolute Gasteiger partial charge is 0.133 e. The fourth-order valence-electron chi connectivity index (χ4n) is 2.61. The van der Waals surface area contributed by atoms with E-state index in [1.165, 1.54) is 11.1 Å². The zero-order valence-corrected chi connectivity index (χ0v) is 14.5. The Balaban J connectivity index is 0.00000176. The molecule has 1 N–H and O–H groups in total. The van der Waals surface area contributed by atoms with Crippen molar-refractivity contribution in [2.75, 3.05) is 38.1 Å². The standard InChI is InChI=1S/C16H22N4S.ClH/c1-19-6-8-20(9-7-19)16-15(3-2-5-18-16)12-17-11-14-4-10-21-13-14;/h2-5,10,13,17H,6-9,11-12H2,1H3;1H. The lowest BCUT2D eigenvalue weighted by Crippen LogP contribution is -2.45. The van der Waals surface area contributed by atoms with E-state index in [-0.39, 0.29) is 12.4 Å². The van der Waals surface area contributed by atoms with Crippen LogP contribution < -0.4 is 10.2 Å². The molecule has 0 atom stereocenters. The molecule has 6 heteroatoms. The minimum atomic E-state index is 0. The van der Waals surface area contributed by atoms with Crippen LogP contribution in [0.2, 0.25) is 0 Å². The molecule has 1 aliphatic heterocycles. The number of likely N-dealkylation sites (N-methyl/N-ethyl adjacent to an activating group) is 1. The predicted octanol–water partition coefficient (Wildman–Crippen LogP) is 2.61. The van der Waals surface area contributed by atoms with E-state index in [4.69, 9.17) is 0 Å². The van der Waals surface area contributed by atoms with Gasteiger partial charge in [0.2, 0.25) is 0 Å². The lowest BCUT2D eigenvalue weighted by atomic mass is 10.2. The molecule has 0 radical (unpaired) electrons. The molecule has 2 aromatic heterocycles. The lowest BCUT2D eigenvalue weighted by Gasteiger charge is -2.34. The van der Waals surface area contributed by atoms with Gasteiger partial charge in [0.1, 0.15) is 5.82 Å². The molecular formula is C16H23ClN4S. The van der Waals surface area contributed by atoms with Crippen LogP contribution >= 0.6 is 23.7 Å². The third-order valence-electron chi connectivity index (χ3n) is 3.89. The minimum Gasteiger partial charge on any atom is -0.354 e. The molecule has 1 saturated heterocycles. The van der Waals surface area contributed by atoms with Gasteiger partial charge in [-0.05, 0) is 35.5 Å². The number of thiophene rings is 1. The Kier molecular flexibility index (Phi) is 6.64. The summed E-state index contributed by atoms with van der Waals surface area (Å²) in [5, 5.41) is 7.84. The Bertz CT molecular complexity index is 553. The summed E-state index contributed by atoms with van der Waals surface area (Å²) >= 11 is 1.75. The molecule has 0 unspecified atom stereocenters. The molecule has 0 bridgehead atoms. The molecule has 3 rings (SSSR count). The van der Waals surface area contributed by atoms with E-state index in [1.807, 2.05) is 12.3 Å². The first-order valence-corrected chi connectivity index (χ1v) is 8.36. The number of aromatic nitrogens is 1. The van der Waals surface area contributed by atoms with Crippen molar-refractivity contribution in [1.82, 2.24) is 15.2 Å². The highest BCUT2D eigenvalue weighted by molar-refractivity contribution is 7.07. The van der Waals surface area contributed by atoms with Crippen molar-refractivity contribution < 1.29 is 0 Å². The fraction of sp³-hybridized carbons (Fsp3) is 0.438. The normalized spacial score (nSPS) is 15.6. The van der Waals surface area contributed by atoms with E-state index in [0.29, 0.717) is 0 Å². The van der Waals surface area contributed by atoms with Crippen LogP contribution in [0, 0.1) is 0 Å². The Hall–Kier alpha value is -1.14. The topological polar surface area (TPSA) is 31.4 Å². The number of nitrogens with one attached hydrogen (secondary N) is 1. The molecule has 4 nitrogen and oxygen atoms in total. The first-order valence-electron chi connectivity index (χ1n) is 7.42. The first-order chi connectivity index (χ1) is 10.3. The second-order valence-corrected chi connectivity index (χ2v) is 6.29. The summed E-state index contributed by atoms with van der Waals surface area (Å²) in [6.07, 6.45) is 1.90. The number of hydrogen-bond acceptors (Lipinski definition) is 5. The number of halogens is 1. The lowest BCUT2D eigenvalue weighted by molar-refractivity contribution is 0.311. The summed E-state index contributed by atoms with van der Waals surface area (Å²) in [6, 6.07) is 6.38. The molecule has 3 heterocycles. The van der Waals surface area contributed by atoms with Crippen LogP contribution in [0.3, 0.4) is 0 Å². The molecular weight excluding hydrogens is 316 g/mol. The van der Waals surface area contributed by atoms with Crippen LogP contribution in [-0.2, 0) is 13.1 Å². The highest BCUT2D eigenvalue weighted by atomic mass is 35.5. The molecule has 22 heavy (non-hydrogen) atoms. The molecule has 2 aromatic rings. The van der Waals surface area contributed by atoms with Crippen molar-refractivity contribution in [3.63, 3.8) is 0 Å². The summed E-state index contributed by atoms with van der Waals surface area (Å²) in [5.41, 5.74) is 2.64. The number of nitrogens with zero attached hydrogens (tertiary/aromatic N) is 3. The summed E-state index contributed by atoms with van der Waals surface area (Å²) in [7, 11) is 2.18. The van der Waals surface area contributed by atoms with Gasteiger partial charge in [0.15, 0.2) is 0 Å². The molecule has 0 saturated carbocycles. The average Bonchev–Trinajstić information content (AvgIpc) is 3.02. The van der Waals surface area contributed by atoms with Crippen molar-refractivity contribution >= 4 is 29.6 Å². The Morgan fingerprint density at radius 3 is 2.73 bits per heavy atom. The number of anilines is 1. The van der Waals surface area contributed by atoms with E-state index in [2.05, 4.69) is 50.0 Å². The van der Waals surface area contributed by atoms with E-state index in [9.17, 15) is 0 Å². The van der Waals surface area contributed by atoms with E-state index in [1.54, 1.807) is 11.3 Å². The molecule has 0 spiro atoms. The van der Waals surface area contributed by atoms with Crippen LogP contribution in [0.4, 0.5) is 5.82 Å². The van der Waals surface area contributed by atoms with Gasteiger partial charge in [0, 0.05) is 51.0 Å². The van der Waals surface area contributed by atoms with Gasteiger partial charge in [-0.2, -0.15) is 11.3 Å². The fourth-order valence-corrected chi connectivity index (χ4v) is 3.27. The van der Waals surface area contributed by atoms with Crippen molar-refractivity contribution in [1.29, 1.82) is 0 Å². The van der Waals surface area contributed by atoms with Crippen LogP contribution in [0.15, 0.2) is 35.2 Å². The predicted molar refractivity (Wildman–Crippen MR) is 96.1 cm³/mol. The monoisotopic (exact) mass is 338 g/mol.